The molecule has 0 aromatic heterocycles. The van der Waals surface area contributed by atoms with E-state index >= 15 is 0 Å². The van der Waals surface area contributed by atoms with Gasteiger partial charge in [-0.25, -0.2) is 0 Å². The van der Waals surface area contributed by atoms with Gasteiger partial charge in [-0.3, -0.25) is 4.79 Å². The van der Waals surface area contributed by atoms with Gasteiger partial charge in [-0.05, 0) is 29.9 Å². The van der Waals surface area contributed by atoms with Crippen LogP contribution in [0.1, 0.15) is 36.0 Å². The maximum absolute atomic E-state index is 11.8. The van der Waals surface area contributed by atoms with E-state index in [-0.39, 0.29) is 12.0 Å². The van der Waals surface area contributed by atoms with Gasteiger partial charge in [0, 0.05) is 24.9 Å². The molecule has 1 aromatic rings. The summed E-state index contributed by atoms with van der Waals surface area (Å²) < 4.78 is 6.23. The molecule has 4 heteroatoms. The van der Waals surface area contributed by atoms with E-state index in [9.17, 15) is 4.79 Å². The molecule has 0 bridgehead atoms. The Balaban J connectivity index is 1.58. The Morgan fingerprint density at radius 1 is 1.24 bits per heavy atom. The Morgan fingerprint density at radius 3 is 2.71 bits per heavy atom. The van der Waals surface area contributed by atoms with Crippen LogP contribution < -0.4 is 0 Å². The van der Waals surface area contributed by atoms with E-state index in [0.717, 1.165) is 12.5 Å². The van der Waals surface area contributed by atoms with Crippen LogP contribution in [0.3, 0.4) is 0 Å². The van der Waals surface area contributed by atoms with Crippen molar-refractivity contribution in [2.24, 2.45) is 11.8 Å². The normalized spacial score (nSPS) is 30.3. The second-order valence-corrected chi connectivity index (χ2v) is 6.55. The number of ether oxygens (including phenoxy) is 1. The first-order valence-corrected chi connectivity index (χ1v) is 7.87. The molecule has 1 saturated carbocycles. The minimum atomic E-state index is -0.394. The fourth-order valence-electron chi connectivity index (χ4n) is 3.84. The smallest absolute Gasteiger partial charge is 0.248 e. The molecule has 1 aliphatic heterocycles. The van der Waals surface area contributed by atoms with Crippen molar-refractivity contribution in [1.29, 1.82) is 0 Å². The molecule has 2 aliphatic carbocycles. The van der Waals surface area contributed by atoms with Crippen LogP contribution >= 0.6 is 0 Å². The summed E-state index contributed by atoms with van der Waals surface area (Å²) in [5.74, 6) is 1.29. The molecule has 1 unspecified atom stereocenters. The summed E-state index contributed by atoms with van der Waals surface area (Å²) >= 11 is 0. The predicted molar refractivity (Wildman–Crippen MR) is 77.8 cm³/mol. The van der Waals surface area contributed by atoms with Crippen molar-refractivity contribution in [2.75, 3.05) is 26.3 Å². The summed E-state index contributed by atoms with van der Waals surface area (Å²) in [7, 11) is 0. The van der Waals surface area contributed by atoms with Crippen LogP contribution in [-0.2, 0) is 9.53 Å². The van der Waals surface area contributed by atoms with Gasteiger partial charge >= 0.3 is 0 Å². The summed E-state index contributed by atoms with van der Waals surface area (Å²) in [6, 6.07) is 8.48. The Bertz CT molecular complexity index is 555. The van der Waals surface area contributed by atoms with Crippen LogP contribution in [0.4, 0.5) is 0 Å². The Labute approximate surface area is 124 Å². The number of nitrogens with zero attached hydrogens (tertiary/aromatic N) is 1. The van der Waals surface area contributed by atoms with Crippen molar-refractivity contribution >= 4 is 5.91 Å². The van der Waals surface area contributed by atoms with Crippen molar-refractivity contribution < 1.29 is 14.6 Å². The van der Waals surface area contributed by atoms with E-state index in [4.69, 9.17) is 9.84 Å². The molecular weight excluding hydrogens is 266 g/mol. The average Bonchev–Trinajstić information content (AvgIpc) is 3.16. The lowest BCUT2D eigenvalue weighted by Gasteiger charge is -2.22. The van der Waals surface area contributed by atoms with Crippen LogP contribution in [0.15, 0.2) is 24.3 Å². The van der Waals surface area contributed by atoms with Crippen molar-refractivity contribution in [3.05, 3.63) is 35.4 Å². The molecule has 1 saturated heterocycles. The number of rotatable bonds is 4. The molecule has 4 nitrogen and oxygen atoms in total. The van der Waals surface area contributed by atoms with Gasteiger partial charge in [-0.15, -0.1) is 0 Å². The number of hydrogen-bond acceptors (Lipinski definition) is 3. The molecule has 4 rings (SSSR count). The zero-order valence-electron chi connectivity index (χ0n) is 12.1. The van der Waals surface area contributed by atoms with E-state index in [1.54, 1.807) is 4.90 Å². The predicted octanol–water partition coefficient (Wildman–Crippen LogP) is 1.70. The van der Waals surface area contributed by atoms with Gasteiger partial charge in [0.25, 0.3) is 0 Å². The molecule has 2 fully saturated rings. The minimum absolute atomic E-state index is 0.114. The maximum atomic E-state index is 11.8. The average molecular weight is 287 g/mol. The lowest BCUT2D eigenvalue weighted by atomic mass is 9.96. The number of carbonyl (C=O) groups excluding carboxylic acids is 1. The third kappa shape index (κ3) is 2.27. The summed E-state index contributed by atoms with van der Waals surface area (Å²) in [5, 5.41) is 9.08. The summed E-state index contributed by atoms with van der Waals surface area (Å²) in [5.41, 5.74) is 2.64. The van der Waals surface area contributed by atoms with Crippen molar-refractivity contribution in [3.63, 3.8) is 0 Å². The van der Waals surface area contributed by atoms with Crippen molar-refractivity contribution in [3.8, 4) is 0 Å². The molecule has 1 aromatic carbocycles. The van der Waals surface area contributed by atoms with Gasteiger partial charge < -0.3 is 14.7 Å². The summed E-state index contributed by atoms with van der Waals surface area (Å²) in [6.45, 7) is 1.86. The zero-order valence-corrected chi connectivity index (χ0v) is 12.1. The highest BCUT2D eigenvalue weighted by molar-refractivity contribution is 5.77. The van der Waals surface area contributed by atoms with Gasteiger partial charge in [-0.2, -0.15) is 0 Å². The number of amides is 1. The van der Waals surface area contributed by atoms with Crippen molar-refractivity contribution in [2.45, 2.75) is 24.9 Å². The number of benzene rings is 1. The lowest BCUT2D eigenvalue weighted by Crippen LogP contribution is -2.32. The van der Waals surface area contributed by atoms with Gasteiger partial charge in [0.15, 0.2) is 0 Å². The van der Waals surface area contributed by atoms with Crippen molar-refractivity contribution in [1.82, 2.24) is 4.90 Å². The number of carbonyl (C=O) groups is 1. The molecule has 112 valence electrons. The SMILES string of the molecule is O=C(CO)N1C[C@H]2c3ccccc3C(OCC3CC3)[C@@H]2C1. The molecule has 1 heterocycles. The minimum Gasteiger partial charge on any atom is -0.387 e. The van der Waals surface area contributed by atoms with E-state index in [0.29, 0.717) is 24.9 Å². The lowest BCUT2D eigenvalue weighted by molar-refractivity contribution is -0.133. The molecule has 1 amide bonds. The van der Waals surface area contributed by atoms with Crippen LogP contribution in [-0.4, -0.2) is 42.2 Å². The molecular formula is C17H21NO3. The molecule has 21 heavy (non-hydrogen) atoms. The van der Waals surface area contributed by atoms with Crippen LogP contribution in [0.5, 0.6) is 0 Å². The first-order chi connectivity index (χ1) is 10.3. The Kier molecular flexibility index (Phi) is 3.23. The first-order valence-electron chi connectivity index (χ1n) is 7.87. The fraction of sp³-hybridized carbons (Fsp3) is 0.588. The summed E-state index contributed by atoms with van der Waals surface area (Å²) in [4.78, 5) is 13.6. The van der Waals surface area contributed by atoms with E-state index in [1.807, 2.05) is 0 Å². The van der Waals surface area contributed by atoms with Crippen LogP contribution in [0.2, 0.25) is 0 Å². The van der Waals surface area contributed by atoms with Crippen LogP contribution in [0.25, 0.3) is 0 Å². The van der Waals surface area contributed by atoms with E-state index in [2.05, 4.69) is 24.3 Å². The highest BCUT2D eigenvalue weighted by Crippen LogP contribution is 2.51. The third-order valence-electron chi connectivity index (χ3n) is 5.15. The number of fused-ring (bicyclic) bond motifs is 3. The Hall–Kier alpha value is -1.39. The molecule has 3 atom stereocenters. The van der Waals surface area contributed by atoms with Gasteiger partial charge in [-0.1, -0.05) is 24.3 Å². The third-order valence-corrected chi connectivity index (χ3v) is 5.15. The monoisotopic (exact) mass is 287 g/mol. The molecule has 3 aliphatic rings. The zero-order chi connectivity index (χ0) is 14.4. The largest absolute Gasteiger partial charge is 0.387 e. The number of aliphatic hydroxyl groups is 1. The summed E-state index contributed by atoms with van der Waals surface area (Å²) in [6.07, 6.45) is 2.69. The van der Waals surface area contributed by atoms with Crippen LogP contribution in [0, 0.1) is 11.8 Å². The highest BCUT2D eigenvalue weighted by atomic mass is 16.5. The molecule has 0 radical (unpaired) electrons. The number of aliphatic hydroxyl groups excluding tert-OH is 1. The van der Waals surface area contributed by atoms with E-state index in [1.165, 1.54) is 24.0 Å². The fourth-order valence-corrected chi connectivity index (χ4v) is 3.84. The quantitative estimate of drug-likeness (QED) is 0.917. The number of likely N-dealkylation sites (tertiary alicyclic amines) is 1. The molecule has 0 spiro atoms. The standard InChI is InChI=1S/C17H21NO3/c19-9-16(20)18-7-14-12-3-1-2-4-13(12)17(15(14)8-18)21-10-11-5-6-11/h1-4,11,14-15,17,19H,5-10H2/t14-,15+,17?/m0/s1. The second-order valence-electron chi connectivity index (χ2n) is 6.55. The maximum Gasteiger partial charge on any atom is 0.248 e. The topological polar surface area (TPSA) is 49.8 Å². The van der Waals surface area contributed by atoms with Gasteiger partial charge in [0.2, 0.25) is 5.91 Å². The van der Waals surface area contributed by atoms with E-state index < -0.39 is 6.61 Å². The number of hydrogen-bond donors (Lipinski definition) is 1. The highest BCUT2D eigenvalue weighted by Gasteiger charge is 2.48. The van der Waals surface area contributed by atoms with Gasteiger partial charge in [0.1, 0.15) is 6.61 Å². The van der Waals surface area contributed by atoms with Gasteiger partial charge in [0.05, 0.1) is 12.7 Å². The molecule has 1 N–H and O–H groups in total. The Morgan fingerprint density at radius 2 is 2.00 bits per heavy atom. The first kappa shape index (κ1) is 13.3. The second kappa shape index (κ2) is 5.11.